The molecule has 1 fully saturated rings. The Hall–Kier alpha value is -2.50. The number of hydrogen-bond donors (Lipinski definition) is 0. The largest absolute Gasteiger partial charge is 0.513 e. The molecule has 0 radical (unpaired) electrons. The average Bonchev–Trinajstić information content (AvgIpc) is 2.77. The second-order valence-corrected chi connectivity index (χ2v) is 7.90. The van der Waals surface area contributed by atoms with Crippen molar-refractivity contribution in [2.24, 2.45) is 5.41 Å². The molecule has 1 atom stereocenters. The highest BCUT2D eigenvalue weighted by Gasteiger charge is 2.33. The van der Waals surface area contributed by atoms with E-state index in [9.17, 15) is 9.59 Å². The summed E-state index contributed by atoms with van der Waals surface area (Å²) in [5, 5.41) is 0. The van der Waals surface area contributed by atoms with Gasteiger partial charge in [0, 0.05) is 0 Å². The van der Waals surface area contributed by atoms with Gasteiger partial charge in [0.1, 0.15) is 11.9 Å². The molecule has 0 aromatic carbocycles. The third kappa shape index (κ3) is 9.75. The molecule has 0 aliphatic heterocycles. The van der Waals surface area contributed by atoms with Crippen molar-refractivity contribution in [2.45, 2.75) is 85.2 Å². The van der Waals surface area contributed by atoms with Gasteiger partial charge in [0.25, 0.3) is 0 Å². The summed E-state index contributed by atoms with van der Waals surface area (Å²) in [6.45, 7) is 12.3. The van der Waals surface area contributed by atoms with Crippen LogP contribution in [0.25, 0.3) is 0 Å². The van der Waals surface area contributed by atoms with E-state index in [2.05, 4.69) is 6.58 Å². The molecule has 1 unspecified atom stereocenters. The molecule has 0 heterocycles. The summed E-state index contributed by atoms with van der Waals surface area (Å²) in [6, 6.07) is 0. The molecular weight excluding hydrogens is 408 g/mol. The molecule has 6 nitrogen and oxygen atoms in total. The maximum Gasteiger partial charge on any atom is 0.513 e. The van der Waals surface area contributed by atoms with E-state index in [0.29, 0.717) is 12.2 Å². The van der Waals surface area contributed by atoms with Crippen molar-refractivity contribution in [1.29, 1.82) is 0 Å². The predicted octanol–water partition coefficient (Wildman–Crippen LogP) is 7.41. The van der Waals surface area contributed by atoms with Crippen LogP contribution in [-0.4, -0.2) is 31.6 Å². The lowest BCUT2D eigenvalue weighted by molar-refractivity contribution is 0.0395. The van der Waals surface area contributed by atoms with E-state index < -0.39 is 12.3 Å². The van der Waals surface area contributed by atoms with Crippen LogP contribution < -0.4 is 0 Å². The number of carbonyl (C=O) groups is 2. The van der Waals surface area contributed by atoms with Gasteiger partial charge in [0.15, 0.2) is 0 Å². The Bertz CT molecular complexity index is 682. The standard InChI is InChI=1S/C26H40O6/c1-6-14-23(32-25(28)30-9-4)15-13-20-26(18-11-10-12-19-26)21(5)16-17-22(7-2)31-24(27)29-8-3/h6,14-17,22H,5,7-13,18-20H2,1-4H3/b14-6-,17-16-,23-15+. The number of allylic oxidation sites excluding steroid dienone is 5. The lowest BCUT2D eigenvalue weighted by Gasteiger charge is -2.38. The molecule has 0 amide bonds. The van der Waals surface area contributed by atoms with Crippen molar-refractivity contribution in [1.82, 2.24) is 0 Å². The highest BCUT2D eigenvalue weighted by atomic mass is 16.7. The molecule has 0 saturated heterocycles. The molecule has 0 N–H and O–H groups in total. The van der Waals surface area contributed by atoms with Crippen LogP contribution in [0.15, 0.2) is 48.3 Å². The molecule has 1 aliphatic carbocycles. The summed E-state index contributed by atoms with van der Waals surface area (Å²) >= 11 is 0. The molecule has 1 aliphatic rings. The molecule has 1 rings (SSSR count). The van der Waals surface area contributed by atoms with Gasteiger partial charge >= 0.3 is 12.3 Å². The summed E-state index contributed by atoms with van der Waals surface area (Å²) in [6.07, 6.45) is 15.8. The van der Waals surface area contributed by atoms with E-state index in [-0.39, 0.29) is 24.7 Å². The first-order valence-corrected chi connectivity index (χ1v) is 11.8. The Kier molecular flexibility index (Phi) is 13.2. The Balaban J connectivity index is 2.86. The van der Waals surface area contributed by atoms with Crippen LogP contribution >= 0.6 is 0 Å². The highest BCUT2D eigenvalue weighted by Crippen LogP contribution is 2.46. The van der Waals surface area contributed by atoms with Gasteiger partial charge < -0.3 is 18.9 Å². The average molecular weight is 449 g/mol. The van der Waals surface area contributed by atoms with Gasteiger partial charge in [-0.2, -0.15) is 0 Å². The van der Waals surface area contributed by atoms with Crippen molar-refractivity contribution in [3.8, 4) is 0 Å². The van der Waals surface area contributed by atoms with Gasteiger partial charge in [-0.3, -0.25) is 0 Å². The topological polar surface area (TPSA) is 71.1 Å². The summed E-state index contributed by atoms with van der Waals surface area (Å²) in [5.41, 5.74) is 1.04. The zero-order valence-electron chi connectivity index (χ0n) is 20.2. The molecule has 6 heteroatoms. The van der Waals surface area contributed by atoms with Crippen molar-refractivity contribution in [3.05, 3.63) is 48.3 Å². The minimum absolute atomic E-state index is 0.0154. The number of hydrogen-bond acceptors (Lipinski definition) is 6. The van der Waals surface area contributed by atoms with E-state index >= 15 is 0 Å². The molecule has 0 spiro atoms. The normalized spacial score (nSPS) is 17.2. The molecule has 0 aromatic heterocycles. The fourth-order valence-corrected chi connectivity index (χ4v) is 3.94. The summed E-state index contributed by atoms with van der Waals surface area (Å²) < 4.78 is 20.4. The first-order valence-electron chi connectivity index (χ1n) is 11.8. The summed E-state index contributed by atoms with van der Waals surface area (Å²) in [7, 11) is 0. The molecule has 32 heavy (non-hydrogen) atoms. The Morgan fingerprint density at radius 3 is 2.25 bits per heavy atom. The van der Waals surface area contributed by atoms with Crippen LogP contribution in [0.5, 0.6) is 0 Å². The third-order valence-corrected chi connectivity index (χ3v) is 5.68. The fraction of sp³-hybridized carbons (Fsp3) is 0.615. The van der Waals surface area contributed by atoms with Gasteiger partial charge in [-0.25, -0.2) is 9.59 Å². The Morgan fingerprint density at radius 1 is 1.00 bits per heavy atom. The maximum atomic E-state index is 11.7. The van der Waals surface area contributed by atoms with Crippen molar-refractivity contribution in [2.75, 3.05) is 13.2 Å². The zero-order valence-corrected chi connectivity index (χ0v) is 20.2. The molecular formula is C26H40O6. The van der Waals surface area contributed by atoms with Crippen molar-refractivity contribution < 1.29 is 28.5 Å². The zero-order chi connectivity index (χ0) is 23.8. The first-order chi connectivity index (χ1) is 15.4. The van der Waals surface area contributed by atoms with Crippen molar-refractivity contribution >= 4 is 12.3 Å². The fourth-order valence-electron chi connectivity index (χ4n) is 3.94. The van der Waals surface area contributed by atoms with Gasteiger partial charge in [-0.1, -0.05) is 44.9 Å². The van der Waals surface area contributed by atoms with Crippen LogP contribution in [0.4, 0.5) is 9.59 Å². The van der Waals surface area contributed by atoms with Crippen LogP contribution in [0.2, 0.25) is 0 Å². The number of rotatable bonds is 12. The number of carbonyl (C=O) groups excluding carboxylic acids is 2. The SMILES string of the molecule is C=C(/C=C\C(CC)OC(=O)OCC)C1(CC/C=C(\C=C/C)OC(=O)OCC)CCCCC1. The maximum absolute atomic E-state index is 11.7. The smallest absolute Gasteiger partial charge is 0.435 e. The number of ether oxygens (including phenoxy) is 4. The second-order valence-electron chi connectivity index (χ2n) is 7.90. The quantitative estimate of drug-likeness (QED) is 0.176. The Labute approximate surface area is 193 Å². The minimum atomic E-state index is -0.691. The van der Waals surface area contributed by atoms with Gasteiger partial charge in [-0.15, -0.1) is 0 Å². The lowest BCUT2D eigenvalue weighted by Crippen LogP contribution is -2.26. The highest BCUT2D eigenvalue weighted by molar-refractivity contribution is 5.62. The lowest BCUT2D eigenvalue weighted by atomic mass is 9.66. The molecule has 0 bridgehead atoms. The van der Waals surface area contributed by atoms with Gasteiger partial charge in [0.05, 0.1) is 13.2 Å². The van der Waals surface area contributed by atoms with E-state index in [1.54, 1.807) is 19.9 Å². The minimum Gasteiger partial charge on any atom is -0.435 e. The van der Waals surface area contributed by atoms with Crippen LogP contribution in [0, 0.1) is 5.41 Å². The van der Waals surface area contributed by atoms with Crippen LogP contribution in [-0.2, 0) is 18.9 Å². The molecule has 180 valence electrons. The van der Waals surface area contributed by atoms with E-state index in [1.807, 2.05) is 38.2 Å². The van der Waals surface area contributed by atoms with Crippen LogP contribution in [0.1, 0.15) is 79.1 Å². The van der Waals surface area contributed by atoms with Gasteiger partial charge in [0.2, 0.25) is 0 Å². The van der Waals surface area contributed by atoms with E-state index in [1.165, 1.54) is 6.42 Å². The molecule has 0 aromatic rings. The van der Waals surface area contributed by atoms with E-state index in [0.717, 1.165) is 44.1 Å². The molecule has 1 saturated carbocycles. The third-order valence-electron chi connectivity index (χ3n) is 5.68. The van der Waals surface area contributed by atoms with Crippen LogP contribution in [0.3, 0.4) is 0 Å². The second kappa shape index (κ2) is 15.3. The first kappa shape index (κ1) is 27.5. The summed E-state index contributed by atoms with van der Waals surface area (Å²) in [5.74, 6) is 0.493. The monoisotopic (exact) mass is 448 g/mol. The predicted molar refractivity (Wildman–Crippen MR) is 126 cm³/mol. The van der Waals surface area contributed by atoms with Crippen molar-refractivity contribution in [3.63, 3.8) is 0 Å². The van der Waals surface area contributed by atoms with Gasteiger partial charge in [-0.05, 0) is 82.1 Å². The van der Waals surface area contributed by atoms with E-state index in [4.69, 9.17) is 18.9 Å². The Morgan fingerprint density at radius 2 is 1.66 bits per heavy atom. The summed E-state index contributed by atoms with van der Waals surface area (Å²) in [4.78, 5) is 23.3.